The molecule has 2 aromatic carbocycles. The first kappa shape index (κ1) is 27.4. The van der Waals surface area contributed by atoms with Crippen molar-refractivity contribution in [3.63, 3.8) is 0 Å². The summed E-state index contributed by atoms with van der Waals surface area (Å²) in [4.78, 5) is 9.07. The summed E-state index contributed by atoms with van der Waals surface area (Å²) in [6, 6.07) is 10.4. The number of fused-ring (bicyclic) bond motifs is 1. The lowest BCUT2D eigenvalue weighted by Gasteiger charge is -2.39. The van der Waals surface area contributed by atoms with Gasteiger partial charge in [0, 0.05) is 43.5 Å². The summed E-state index contributed by atoms with van der Waals surface area (Å²) in [5.74, 6) is 0.955. The van der Waals surface area contributed by atoms with E-state index in [1.54, 1.807) is 12.3 Å². The number of aromatic nitrogens is 3. The molecular formula is C29H29ClF3N3O3. The van der Waals surface area contributed by atoms with Gasteiger partial charge < -0.3 is 19.1 Å². The van der Waals surface area contributed by atoms with Crippen LogP contribution in [-0.2, 0) is 30.0 Å². The van der Waals surface area contributed by atoms with Gasteiger partial charge in [0.2, 0.25) is 5.88 Å². The molecular weight excluding hydrogens is 531 g/mol. The zero-order valence-electron chi connectivity index (χ0n) is 21.8. The number of nitrogens with zero attached hydrogens (tertiary/aromatic N) is 3. The molecule has 1 atom stereocenters. The van der Waals surface area contributed by atoms with Crippen molar-refractivity contribution in [2.75, 3.05) is 20.3 Å². The van der Waals surface area contributed by atoms with Crippen molar-refractivity contribution in [1.82, 2.24) is 14.5 Å². The summed E-state index contributed by atoms with van der Waals surface area (Å²) in [6.07, 6.45) is -1.14. The van der Waals surface area contributed by atoms with Gasteiger partial charge in [-0.3, -0.25) is 0 Å². The van der Waals surface area contributed by atoms with Crippen LogP contribution in [-0.4, -0.2) is 40.0 Å². The molecule has 0 bridgehead atoms. The van der Waals surface area contributed by atoms with E-state index in [4.69, 9.17) is 21.1 Å². The highest BCUT2D eigenvalue weighted by Crippen LogP contribution is 2.44. The fourth-order valence-electron chi connectivity index (χ4n) is 5.38. The van der Waals surface area contributed by atoms with Crippen LogP contribution in [0.4, 0.5) is 13.2 Å². The predicted octanol–water partition coefficient (Wildman–Crippen LogP) is 6.21. The molecule has 2 aromatic heterocycles. The molecule has 39 heavy (non-hydrogen) atoms. The molecule has 0 amide bonds. The molecule has 3 heterocycles. The average Bonchev–Trinajstić information content (AvgIpc) is 3.27. The Morgan fingerprint density at radius 3 is 2.36 bits per heavy atom. The highest BCUT2D eigenvalue weighted by atomic mass is 35.5. The fraction of sp³-hybridized carbons (Fsp3) is 0.379. The van der Waals surface area contributed by atoms with Gasteiger partial charge in [0.05, 0.1) is 35.1 Å². The number of hydrogen-bond donors (Lipinski definition) is 1. The molecule has 1 aliphatic heterocycles. The minimum atomic E-state index is -4.41. The maximum absolute atomic E-state index is 13.0. The zero-order valence-corrected chi connectivity index (χ0v) is 22.6. The van der Waals surface area contributed by atoms with Gasteiger partial charge in [-0.05, 0) is 55.2 Å². The molecule has 0 saturated carbocycles. The van der Waals surface area contributed by atoms with Gasteiger partial charge in [0.1, 0.15) is 11.4 Å². The second kappa shape index (κ2) is 10.4. The fourth-order valence-corrected chi connectivity index (χ4v) is 5.68. The van der Waals surface area contributed by atoms with E-state index in [-0.39, 0.29) is 12.3 Å². The summed E-state index contributed by atoms with van der Waals surface area (Å²) < 4.78 is 52.1. The van der Waals surface area contributed by atoms with Gasteiger partial charge in [-0.25, -0.2) is 9.97 Å². The van der Waals surface area contributed by atoms with Gasteiger partial charge in [-0.15, -0.1) is 0 Å². The third-order valence-corrected chi connectivity index (χ3v) is 8.13. The number of aliphatic hydroxyl groups is 1. The van der Waals surface area contributed by atoms with Crippen molar-refractivity contribution in [2.24, 2.45) is 13.0 Å². The van der Waals surface area contributed by atoms with E-state index in [0.29, 0.717) is 70.2 Å². The Morgan fingerprint density at radius 1 is 1.10 bits per heavy atom. The van der Waals surface area contributed by atoms with Crippen LogP contribution >= 0.6 is 11.6 Å². The molecule has 4 aromatic rings. The SMILES string of the molecule is COc1nc2ccc(C(O)(c3cnc(C)n3C)C3CCOCC3)cc2c(Cl)c1Cc1ccc(C(F)(F)F)cc1. The lowest BCUT2D eigenvalue weighted by atomic mass is 9.74. The molecule has 1 aliphatic rings. The molecule has 5 rings (SSSR count). The van der Waals surface area contributed by atoms with Crippen LogP contribution in [0, 0.1) is 12.8 Å². The Morgan fingerprint density at radius 2 is 1.77 bits per heavy atom. The molecule has 1 N–H and O–H groups in total. The topological polar surface area (TPSA) is 69.4 Å². The Balaban J connectivity index is 1.62. The van der Waals surface area contributed by atoms with Crippen LogP contribution < -0.4 is 4.74 Å². The average molecular weight is 560 g/mol. The number of pyridine rings is 1. The van der Waals surface area contributed by atoms with Crippen molar-refractivity contribution in [3.05, 3.63) is 87.5 Å². The molecule has 0 aliphatic carbocycles. The second-order valence-corrected chi connectivity index (χ2v) is 10.3. The molecule has 1 unspecified atom stereocenters. The quantitative estimate of drug-likeness (QED) is 0.304. The maximum atomic E-state index is 13.0. The summed E-state index contributed by atoms with van der Waals surface area (Å²) in [5, 5.41) is 13.4. The molecule has 6 nitrogen and oxygen atoms in total. The number of methoxy groups -OCH3 is 1. The highest BCUT2D eigenvalue weighted by Gasteiger charge is 2.43. The normalized spacial score (nSPS) is 16.4. The number of rotatable bonds is 6. The summed E-state index contributed by atoms with van der Waals surface area (Å²) in [5.41, 5.74) is 1.01. The monoisotopic (exact) mass is 559 g/mol. The smallest absolute Gasteiger partial charge is 0.416 e. The number of imidazole rings is 1. The first-order valence-electron chi connectivity index (χ1n) is 12.7. The van der Waals surface area contributed by atoms with E-state index in [2.05, 4.69) is 9.97 Å². The Labute approximate surface area is 229 Å². The maximum Gasteiger partial charge on any atom is 0.416 e. The largest absolute Gasteiger partial charge is 0.481 e. The number of alkyl halides is 3. The standard InChI is InChI=1S/C29H29ClF3N3O3/c1-17-34-16-25(36(17)2)28(37,19-10-12-39-13-11-19)21-8-9-24-22(15-21)26(30)23(27(35-24)38-3)14-18-4-6-20(7-5-18)29(31,32)33/h4-9,15-16,19,37H,10-14H2,1-3H3. The van der Waals surface area contributed by atoms with E-state index in [1.165, 1.54) is 19.2 Å². The number of halogens is 4. The minimum Gasteiger partial charge on any atom is -0.481 e. The molecule has 1 saturated heterocycles. The van der Waals surface area contributed by atoms with Crippen LogP contribution in [0.1, 0.15) is 46.6 Å². The van der Waals surface area contributed by atoms with Crippen LogP contribution in [0.5, 0.6) is 5.88 Å². The van der Waals surface area contributed by atoms with E-state index in [1.807, 2.05) is 30.7 Å². The Bertz CT molecular complexity index is 1500. The van der Waals surface area contributed by atoms with Crippen LogP contribution in [0.25, 0.3) is 10.9 Å². The van der Waals surface area contributed by atoms with Crippen LogP contribution in [0.15, 0.2) is 48.7 Å². The van der Waals surface area contributed by atoms with E-state index in [9.17, 15) is 18.3 Å². The second-order valence-electron chi connectivity index (χ2n) is 9.92. The van der Waals surface area contributed by atoms with Crippen molar-refractivity contribution in [1.29, 1.82) is 0 Å². The summed E-state index contributed by atoms with van der Waals surface area (Å²) in [7, 11) is 3.36. The zero-order chi connectivity index (χ0) is 27.9. The van der Waals surface area contributed by atoms with Gasteiger partial charge in [-0.2, -0.15) is 13.2 Å². The lowest BCUT2D eigenvalue weighted by molar-refractivity contribution is -0.137. The molecule has 0 radical (unpaired) electrons. The van der Waals surface area contributed by atoms with Gasteiger partial charge in [0.25, 0.3) is 0 Å². The Kier molecular flexibility index (Phi) is 7.35. The predicted molar refractivity (Wildman–Crippen MR) is 142 cm³/mol. The third-order valence-electron chi connectivity index (χ3n) is 7.70. The first-order valence-corrected chi connectivity index (χ1v) is 13.0. The molecule has 10 heteroatoms. The van der Waals surface area contributed by atoms with Gasteiger partial charge in [0.15, 0.2) is 0 Å². The minimum absolute atomic E-state index is 0.116. The van der Waals surface area contributed by atoms with Crippen LogP contribution in [0.2, 0.25) is 5.02 Å². The van der Waals surface area contributed by atoms with Crippen LogP contribution in [0.3, 0.4) is 0 Å². The van der Waals surface area contributed by atoms with E-state index < -0.39 is 17.3 Å². The summed E-state index contributed by atoms with van der Waals surface area (Å²) >= 11 is 6.95. The molecule has 1 fully saturated rings. The highest BCUT2D eigenvalue weighted by molar-refractivity contribution is 6.36. The van der Waals surface area contributed by atoms with Gasteiger partial charge in [-0.1, -0.05) is 29.8 Å². The Hall–Kier alpha value is -3.14. The van der Waals surface area contributed by atoms with Crippen molar-refractivity contribution in [2.45, 2.75) is 38.0 Å². The van der Waals surface area contributed by atoms with Crippen molar-refractivity contribution < 1.29 is 27.8 Å². The van der Waals surface area contributed by atoms with Crippen molar-refractivity contribution in [3.8, 4) is 5.88 Å². The lowest BCUT2D eigenvalue weighted by Crippen LogP contribution is -2.41. The third kappa shape index (κ3) is 4.99. The van der Waals surface area contributed by atoms with E-state index >= 15 is 0 Å². The summed E-state index contributed by atoms with van der Waals surface area (Å²) in [6.45, 7) is 2.98. The number of hydrogen-bond acceptors (Lipinski definition) is 5. The molecule has 206 valence electrons. The number of aryl methyl sites for hydroxylation is 1. The first-order chi connectivity index (χ1) is 18.5. The van der Waals surface area contributed by atoms with E-state index in [0.717, 1.165) is 18.0 Å². The van der Waals surface area contributed by atoms with Crippen molar-refractivity contribution >= 4 is 22.5 Å². The van der Waals surface area contributed by atoms with Gasteiger partial charge >= 0.3 is 6.18 Å². The number of ether oxygens (including phenoxy) is 2. The molecule has 0 spiro atoms. The number of benzene rings is 2.